The number of amides is 2. The van der Waals surface area contributed by atoms with Gasteiger partial charge in [-0.15, -0.1) is 0 Å². The average Bonchev–Trinajstić information content (AvgIpc) is 3.24. The van der Waals surface area contributed by atoms with Crippen molar-refractivity contribution in [3.8, 4) is 0 Å². The molecule has 10 nitrogen and oxygen atoms in total. The Morgan fingerprint density at radius 1 is 1.00 bits per heavy atom. The van der Waals surface area contributed by atoms with E-state index in [0.717, 1.165) is 0 Å². The number of imidazole rings is 1. The van der Waals surface area contributed by atoms with Crippen molar-refractivity contribution in [3.05, 3.63) is 24.8 Å². The van der Waals surface area contributed by atoms with Crippen LogP contribution in [0.5, 0.6) is 0 Å². The normalized spacial score (nSPS) is 20.8. The number of anilines is 1. The molecule has 2 aromatic heterocycles. The minimum absolute atomic E-state index is 0.119. The number of carbonyl (C=O) groups excluding carboxylic acids is 2. The second-order valence-electron chi connectivity index (χ2n) is 12.2. The molecule has 1 aliphatic rings. The van der Waals surface area contributed by atoms with Gasteiger partial charge in [0.05, 0.1) is 24.6 Å². The van der Waals surface area contributed by atoms with Crippen LogP contribution in [0, 0.1) is 5.92 Å². The van der Waals surface area contributed by atoms with Gasteiger partial charge in [-0.3, -0.25) is 0 Å². The fraction of sp³-hybridized carbons (Fsp3) is 0.654. The number of aromatic nitrogens is 4. The molecule has 1 saturated carbocycles. The number of imide groups is 1. The molecular formula is C26H38FN5O5. The van der Waals surface area contributed by atoms with Gasteiger partial charge in [-0.1, -0.05) is 6.58 Å². The van der Waals surface area contributed by atoms with Crippen LogP contribution in [-0.4, -0.2) is 61.3 Å². The first-order valence-corrected chi connectivity index (χ1v) is 12.3. The number of hydrogen-bond donors (Lipinski definition) is 0. The molecule has 1 aliphatic carbocycles. The third-order valence-corrected chi connectivity index (χ3v) is 5.48. The standard InChI is InChI=1S/C26H38FN5O5/c1-15-16(12-35-24(2,3)4)11-17(27)19(15)31-14-30-18-20(31)28-13-29-21(18)32(22(33)36-25(5,6)7)23(34)37-26(8,9)10/h13-14,16-17,19H,1,11-12H2,2-10H3/t16?,17-,19?/m0/s1. The van der Waals surface area contributed by atoms with Gasteiger partial charge in [0, 0.05) is 5.92 Å². The van der Waals surface area contributed by atoms with E-state index in [0.29, 0.717) is 17.1 Å². The zero-order valence-corrected chi connectivity index (χ0v) is 23.2. The number of hydrogen-bond acceptors (Lipinski definition) is 8. The Hall–Kier alpha value is -3.08. The Morgan fingerprint density at radius 2 is 1.57 bits per heavy atom. The third-order valence-electron chi connectivity index (χ3n) is 5.48. The zero-order valence-electron chi connectivity index (χ0n) is 23.2. The molecule has 204 valence electrons. The summed E-state index contributed by atoms with van der Waals surface area (Å²) in [6.45, 7) is 20.4. The van der Waals surface area contributed by atoms with Crippen LogP contribution in [0.25, 0.3) is 11.2 Å². The first-order valence-electron chi connectivity index (χ1n) is 12.3. The number of fused-ring (bicyclic) bond motifs is 1. The highest BCUT2D eigenvalue weighted by atomic mass is 19.1. The zero-order chi connectivity index (χ0) is 27.9. The third kappa shape index (κ3) is 6.82. The molecule has 0 bridgehead atoms. The summed E-state index contributed by atoms with van der Waals surface area (Å²) in [5, 5.41) is 0. The Balaban J connectivity index is 2.02. The van der Waals surface area contributed by atoms with Crippen molar-refractivity contribution in [3.63, 3.8) is 0 Å². The van der Waals surface area contributed by atoms with Gasteiger partial charge in [-0.2, -0.15) is 4.90 Å². The SMILES string of the molecule is C=C1C(COC(C)(C)C)C[C@H](F)C1n1cnc2c(N(C(=O)OC(C)(C)C)C(=O)OC(C)(C)C)ncnc21. The first kappa shape index (κ1) is 28.5. The van der Waals surface area contributed by atoms with E-state index in [1.807, 2.05) is 20.8 Å². The minimum Gasteiger partial charge on any atom is -0.443 e. The molecule has 11 heteroatoms. The highest BCUT2D eigenvalue weighted by molar-refractivity contribution is 6.12. The van der Waals surface area contributed by atoms with Gasteiger partial charge in [0.25, 0.3) is 0 Å². The molecule has 0 saturated heterocycles. The molecule has 3 rings (SSSR count). The lowest BCUT2D eigenvalue weighted by molar-refractivity contribution is -0.0170. The van der Waals surface area contributed by atoms with Crippen LogP contribution >= 0.6 is 0 Å². The van der Waals surface area contributed by atoms with E-state index < -0.39 is 35.6 Å². The highest BCUT2D eigenvalue weighted by Crippen LogP contribution is 2.43. The number of halogens is 1. The quantitative estimate of drug-likeness (QED) is 0.468. The van der Waals surface area contributed by atoms with Gasteiger partial charge in [0.1, 0.15) is 23.7 Å². The predicted molar refractivity (Wildman–Crippen MR) is 137 cm³/mol. The fourth-order valence-corrected chi connectivity index (χ4v) is 3.97. The summed E-state index contributed by atoms with van der Waals surface area (Å²) in [5.74, 6) is -0.308. The van der Waals surface area contributed by atoms with Gasteiger partial charge in [-0.25, -0.2) is 28.9 Å². The molecule has 0 spiro atoms. The van der Waals surface area contributed by atoms with E-state index in [2.05, 4.69) is 21.5 Å². The summed E-state index contributed by atoms with van der Waals surface area (Å²) >= 11 is 0. The summed E-state index contributed by atoms with van der Waals surface area (Å²) in [4.78, 5) is 39.7. The van der Waals surface area contributed by atoms with Crippen LogP contribution < -0.4 is 4.90 Å². The van der Waals surface area contributed by atoms with Gasteiger partial charge in [-0.05, 0) is 74.3 Å². The Morgan fingerprint density at radius 3 is 2.08 bits per heavy atom. The van der Waals surface area contributed by atoms with E-state index in [1.165, 1.54) is 12.7 Å². The van der Waals surface area contributed by atoms with Crippen molar-refractivity contribution in [2.45, 2.75) is 97.8 Å². The smallest absolute Gasteiger partial charge is 0.425 e. The van der Waals surface area contributed by atoms with Gasteiger partial charge in [0.15, 0.2) is 17.0 Å². The van der Waals surface area contributed by atoms with Gasteiger partial charge >= 0.3 is 12.2 Å². The average molecular weight is 520 g/mol. The molecule has 2 amide bonds. The lowest BCUT2D eigenvalue weighted by Crippen LogP contribution is -2.44. The number of nitrogens with zero attached hydrogens (tertiary/aromatic N) is 5. The van der Waals surface area contributed by atoms with Crippen LogP contribution in [0.1, 0.15) is 74.8 Å². The van der Waals surface area contributed by atoms with Crippen molar-refractivity contribution >= 4 is 29.2 Å². The number of alkyl halides is 1. The van der Waals surface area contributed by atoms with Crippen LogP contribution in [0.4, 0.5) is 19.8 Å². The maximum absolute atomic E-state index is 15.3. The van der Waals surface area contributed by atoms with Gasteiger partial charge in [0.2, 0.25) is 0 Å². The second kappa shape index (κ2) is 10.00. The Bertz CT molecular complexity index is 1150. The summed E-state index contributed by atoms with van der Waals surface area (Å²) < 4.78 is 33.7. The minimum atomic E-state index is -1.25. The van der Waals surface area contributed by atoms with Crippen LogP contribution in [0.2, 0.25) is 0 Å². The first-order chi connectivity index (χ1) is 16.9. The molecule has 1 fully saturated rings. The summed E-state index contributed by atoms with van der Waals surface area (Å²) in [7, 11) is 0. The molecule has 2 aromatic rings. The molecule has 0 N–H and O–H groups in total. The largest absolute Gasteiger partial charge is 0.443 e. The van der Waals surface area contributed by atoms with Crippen LogP contribution in [0.15, 0.2) is 24.8 Å². The lowest BCUT2D eigenvalue weighted by Gasteiger charge is -2.28. The number of rotatable bonds is 4. The highest BCUT2D eigenvalue weighted by Gasteiger charge is 2.41. The number of ether oxygens (including phenoxy) is 3. The van der Waals surface area contributed by atoms with Gasteiger partial charge < -0.3 is 18.8 Å². The molecule has 2 heterocycles. The van der Waals surface area contributed by atoms with E-state index in [1.54, 1.807) is 46.1 Å². The van der Waals surface area contributed by atoms with E-state index in [4.69, 9.17) is 14.2 Å². The monoisotopic (exact) mass is 519 g/mol. The van der Waals surface area contributed by atoms with Crippen molar-refractivity contribution in [2.24, 2.45) is 5.92 Å². The molecule has 0 aliphatic heterocycles. The maximum atomic E-state index is 15.3. The van der Waals surface area contributed by atoms with Crippen molar-refractivity contribution in [1.29, 1.82) is 0 Å². The Kier molecular flexibility index (Phi) is 7.70. The number of carbonyl (C=O) groups is 2. The molecule has 3 atom stereocenters. The van der Waals surface area contributed by atoms with Crippen molar-refractivity contribution in [2.75, 3.05) is 11.5 Å². The molecular weight excluding hydrogens is 481 g/mol. The Labute approximate surface area is 217 Å². The lowest BCUT2D eigenvalue weighted by atomic mass is 10.0. The van der Waals surface area contributed by atoms with Crippen molar-refractivity contribution < 1.29 is 28.2 Å². The molecule has 0 radical (unpaired) electrons. The second-order valence-corrected chi connectivity index (χ2v) is 12.2. The maximum Gasteiger partial charge on any atom is 0.425 e. The van der Waals surface area contributed by atoms with E-state index >= 15 is 4.39 Å². The fourth-order valence-electron chi connectivity index (χ4n) is 3.97. The predicted octanol–water partition coefficient (Wildman–Crippen LogP) is 5.77. The van der Waals surface area contributed by atoms with Crippen LogP contribution in [0.3, 0.4) is 0 Å². The van der Waals surface area contributed by atoms with E-state index in [-0.39, 0.29) is 34.9 Å². The van der Waals surface area contributed by atoms with Crippen LogP contribution in [-0.2, 0) is 14.2 Å². The molecule has 2 unspecified atom stereocenters. The topological polar surface area (TPSA) is 109 Å². The summed E-state index contributed by atoms with van der Waals surface area (Å²) in [6.07, 6.45) is -0.360. The van der Waals surface area contributed by atoms with E-state index in [9.17, 15) is 9.59 Å². The molecule has 37 heavy (non-hydrogen) atoms. The summed E-state index contributed by atoms with van der Waals surface area (Å²) in [6, 6.07) is -0.738. The van der Waals surface area contributed by atoms with Crippen molar-refractivity contribution in [1.82, 2.24) is 19.5 Å². The molecule has 0 aromatic carbocycles. The summed E-state index contributed by atoms with van der Waals surface area (Å²) in [5.41, 5.74) is -1.12.